The number of nitrogens with zero attached hydrogens (tertiary/aromatic N) is 2. The van der Waals surface area contributed by atoms with Gasteiger partial charge in [-0.2, -0.15) is 4.37 Å². The van der Waals surface area contributed by atoms with Gasteiger partial charge in [-0.15, -0.1) is 0 Å². The summed E-state index contributed by atoms with van der Waals surface area (Å²) in [4.78, 5) is 4.40. The van der Waals surface area contributed by atoms with Gasteiger partial charge in [-0.1, -0.05) is 25.6 Å². The van der Waals surface area contributed by atoms with Crippen molar-refractivity contribution in [2.75, 3.05) is 6.61 Å². The third-order valence-electron chi connectivity index (χ3n) is 3.24. The summed E-state index contributed by atoms with van der Waals surface area (Å²) in [5.74, 6) is 0.856. The van der Waals surface area contributed by atoms with E-state index in [4.69, 9.17) is 0 Å². The van der Waals surface area contributed by atoms with Crippen molar-refractivity contribution in [3.63, 3.8) is 0 Å². The van der Waals surface area contributed by atoms with Gasteiger partial charge < -0.3 is 10.4 Å². The van der Waals surface area contributed by atoms with Crippen LogP contribution in [0.4, 0.5) is 0 Å². The summed E-state index contributed by atoms with van der Waals surface area (Å²) in [5.41, 5.74) is -0.0917. The Morgan fingerprint density at radius 1 is 1.61 bits per heavy atom. The molecule has 1 heterocycles. The van der Waals surface area contributed by atoms with E-state index in [1.165, 1.54) is 11.5 Å². The molecular formula is C12H21N3OS2. The second-order valence-corrected chi connectivity index (χ2v) is 7.63. The Morgan fingerprint density at radius 2 is 2.39 bits per heavy atom. The number of hydrogen-bond donors (Lipinski definition) is 2. The van der Waals surface area contributed by atoms with Crippen LogP contribution in [0.3, 0.4) is 0 Å². The van der Waals surface area contributed by atoms with Crippen LogP contribution in [0, 0.1) is 6.92 Å². The molecule has 1 fully saturated rings. The molecule has 6 heteroatoms. The maximum absolute atomic E-state index is 9.66. The van der Waals surface area contributed by atoms with Crippen molar-refractivity contribution in [1.82, 2.24) is 14.7 Å². The van der Waals surface area contributed by atoms with Crippen molar-refractivity contribution in [2.24, 2.45) is 0 Å². The maximum Gasteiger partial charge on any atom is 0.170 e. The molecular weight excluding hydrogens is 266 g/mol. The quantitative estimate of drug-likeness (QED) is 0.869. The summed E-state index contributed by atoms with van der Waals surface area (Å²) in [5, 5.41) is 13.7. The molecule has 0 radical (unpaired) electrons. The molecule has 0 bridgehead atoms. The van der Waals surface area contributed by atoms with Crippen LogP contribution in [0.1, 0.15) is 38.9 Å². The van der Waals surface area contributed by atoms with E-state index < -0.39 is 0 Å². The van der Waals surface area contributed by atoms with E-state index >= 15 is 0 Å². The second kappa shape index (κ2) is 5.86. The van der Waals surface area contributed by atoms with Gasteiger partial charge in [0.1, 0.15) is 5.82 Å². The van der Waals surface area contributed by atoms with Gasteiger partial charge in [0, 0.05) is 16.8 Å². The van der Waals surface area contributed by atoms with E-state index in [-0.39, 0.29) is 12.1 Å². The Hall–Kier alpha value is -0.170. The van der Waals surface area contributed by atoms with Gasteiger partial charge in [-0.05, 0) is 37.7 Å². The summed E-state index contributed by atoms with van der Waals surface area (Å²) >= 11 is 3.29. The Labute approximate surface area is 117 Å². The third-order valence-corrected chi connectivity index (χ3v) is 5.38. The molecule has 2 N–H and O–H groups in total. The standard InChI is InChI=1S/C12H21N3OS2/c1-8(2)14-12(7-16)5-4-10(6-12)17-11-13-9(3)15-18-11/h8,10,14,16H,4-7H2,1-3H3. The molecule has 2 rings (SSSR count). The van der Waals surface area contributed by atoms with Crippen LogP contribution in [-0.2, 0) is 0 Å². The molecule has 0 spiro atoms. The summed E-state index contributed by atoms with van der Waals surface area (Å²) < 4.78 is 5.26. The van der Waals surface area contributed by atoms with Crippen LogP contribution >= 0.6 is 23.3 Å². The van der Waals surface area contributed by atoms with E-state index in [2.05, 4.69) is 28.5 Å². The zero-order valence-electron chi connectivity index (χ0n) is 11.1. The van der Waals surface area contributed by atoms with Crippen LogP contribution in [-0.4, -0.2) is 37.9 Å². The Kier molecular flexibility index (Phi) is 4.64. The highest BCUT2D eigenvalue weighted by Gasteiger charge is 2.39. The minimum atomic E-state index is -0.0917. The van der Waals surface area contributed by atoms with Crippen molar-refractivity contribution >= 4 is 23.3 Å². The molecule has 2 atom stereocenters. The van der Waals surface area contributed by atoms with Gasteiger partial charge in [-0.25, -0.2) is 4.98 Å². The van der Waals surface area contributed by atoms with E-state index in [0.29, 0.717) is 11.3 Å². The first-order valence-corrected chi connectivity index (χ1v) is 8.04. The van der Waals surface area contributed by atoms with Crippen LogP contribution in [0.2, 0.25) is 0 Å². The van der Waals surface area contributed by atoms with Crippen molar-refractivity contribution in [3.05, 3.63) is 5.82 Å². The fourth-order valence-corrected chi connectivity index (χ4v) is 4.80. The zero-order valence-corrected chi connectivity index (χ0v) is 12.8. The second-order valence-electron chi connectivity index (χ2n) is 5.33. The zero-order chi connectivity index (χ0) is 13.2. The molecule has 1 aromatic heterocycles. The maximum atomic E-state index is 9.66. The lowest BCUT2D eigenvalue weighted by atomic mass is 9.98. The number of rotatable bonds is 5. The molecule has 102 valence electrons. The first-order chi connectivity index (χ1) is 8.53. The first kappa shape index (κ1) is 14.2. The minimum Gasteiger partial charge on any atom is -0.394 e. The van der Waals surface area contributed by atoms with E-state index in [1.807, 2.05) is 18.7 Å². The molecule has 0 amide bonds. The number of hydrogen-bond acceptors (Lipinski definition) is 6. The minimum absolute atomic E-state index is 0.0917. The lowest BCUT2D eigenvalue weighted by Crippen LogP contribution is -2.49. The number of aliphatic hydroxyl groups is 1. The van der Waals surface area contributed by atoms with Crippen molar-refractivity contribution in [1.29, 1.82) is 0 Å². The predicted molar refractivity (Wildman–Crippen MR) is 76.2 cm³/mol. The van der Waals surface area contributed by atoms with Crippen molar-refractivity contribution < 1.29 is 5.11 Å². The average molecular weight is 287 g/mol. The largest absolute Gasteiger partial charge is 0.394 e. The van der Waals surface area contributed by atoms with Crippen molar-refractivity contribution in [3.8, 4) is 0 Å². The molecule has 1 saturated carbocycles. The predicted octanol–water partition coefficient (Wildman–Crippen LogP) is 2.22. The highest BCUT2D eigenvalue weighted by Crippen LogP contribution is 2.40. The number of nitrogens with one attached hydrogen (secondary N) is 1. The molecule has 0 aromatic carbocycles. The lowest BCUT2D eigenvalue weighted by Gasteiger charge is -2.31. The van der Waals surface area contributed by atoms with Gasteiger partial charge in [0.25, 0.3) is 0 Å². The number of aryl methyl sites for hydroxylation is 1. The van der Waals surface area contributed by atoms with Gasteiger partial charge in [-0.3, -0.25) is 0 Å². The third kappa shape index (κ3) is 3.44. The molecule has 2 unspecified atom stereocenters. The summed E-state index contributed by atoms with van der Waals surface area (Å²) in [7, 11) is 0. The molecule has 1 aromatic rings. The topological polar surface area (TPSA) is 58.0 Å². The van der Waals surface area contributed by atoms with Crippen LogP contribution in [0.5, 0.6) is 0 Å². The van der Waals surface area contributed by atoms with Gasteiger partial charge >= 0.3 is 0 Å². The highest BCUT2D eigenvalue weighted by atomic mass is 32.2. The van der Waals surface area contributed by atoms with Gasteiger partial charge in [0.15, 0.2) is 4.34 Å². The van der Waals surface area contributed by atoms with E-state index in [0.717, 1.165) is 29.4 Å². The smallest absolute Gasteiger partial charge is 0.170 e. The van der Waals surface area contributed by atoms with Crippen LogP contribution < -0.4 is 5.32 Å². The molecule has 1 aliphatic carbocycles. The normalized spacial score (nSPS) is 28.2. The fourth-order valence-electron chi connectivity index (χ4n) is 2.58. The van der Waals surface area contributed by atoms with Gasteiger partial charge in [0.2, 0.25) is 0 Å². The van der Waals surface area contributed by atoms with E-state index in [9.17, 15) is 5.11 Å². The summed E-state index contributed by atoms with van der Waals surface area (Å²) in [6.07, 6.45) is 3.17. The summed E-state index contributed by atoms with van der Waals surface area (Å²) in [6, 6.07) is 0.407. The number of aliphatic hydroxyl groups excluding tert-OH is 1. The first-order valence-electron chi connectivity index (χ1n) is 6.38. The van der Waals surface area contributed by atoms with E-state index in [1.54, 1.807) is 0 Å². The summed E-state index contributed by atoms with van der Waals surface area (Å²) in [6.45, 7) is 6.41. The Bertz CT molecular complexity index is 396. The van der Waals surface area contributed by atoms with Crippen LogP contribution in [0.25, 0.3) is 0 Å². The lowest BCUT2D eigenvalue weighted by molar-refractivity contribution is 0.156. The number of thioether (sulfide) groups is 1. The fraction of sp³-hybridized carbons (Fsp3) is 0.833. The molecule has 4 nitrogen and oxygen atoms in total. The molecule has 0 aliphatic heterocycles. The van der Waals surface area contributed by atoms with Gasteiger partial charge in [0.05, 0.1) is 6.61 Å². The Balaban J connectivity index is 1.94. The van der Waals surface area contributed by atoms with Crippen LogP contribution in [0.15, 0.2) is 4.34 Å². The molecule has 18 heavy (non-hydrogen) atoms. The number of aromatic nitrogens is 2. The molecule has 0 saturated heterocycles. The SMILES string of the molecule is Cc1nsc(SC2CCC(CO)(NC(C)C)C2)n1. The monoisotopic (exact) mass is 287 g/mol. The average Bonchev–Trinajstić information content (AvgIpc) is 2.87. The Morgan fingerprint density at radius 3 is 2.94 bits per heavy atom. The van der Waals surface area contributed by atoms with Crippen molar-refractivity contribution in [2.45, 2.75) is 61.2 Å². The highest BCUT2D eigenvalue weighted by molar-refractivity contribution is 8.01. The molecule has 1 aliphatic rings.